The molecule has 0 radical (unpaired) electrons. The molecule has 6 heteroatoms. The summed E-state index contributed by atoms with van der Waals surface area (Å²) in [6.45, 7) is 3.10. The van der Waals surface area contributed by atoms with Crippen LogP contribution in [0.5, 0.6) is 0 Å². The average Bonchev–Trinajstić information content (AvgIpc) is 2.62. The Bertz CT molecular complexity index is 721. The van der Waals surface area contributed by atoms with Gasteiger partial charge in [0.25, 0.3) is 5.69 Å². The first-order valence-electron chi connectivity index (χ1n) is 8.15. The monoisotopic (exact) mass is 325 g/mol. The van der Waals surface area contributed by atoms with Crippen molar-refractivity contribution in [2.45, 2.75) is 19.4 Å². The summed E-state index contributed by atoms with van der Waals surface area (Å²) in [4.78, 5) is 12.2. The molecular weight excluding hydrogens is 304 g/mol. The van der Waals surface area contributed by atoms with Crippen molar-refractivity contribution in [1.29, 1.82) is 0 Å². The molecule has 0 unspecified atom stereocenters. The minimum absolute atomic E-state index is 0.0500. The van der Waals surface area contributed by atoms with Crippen molar-refractivity contribution in [3.63, 3.8) is 0 Å². The number of quaternary nitrogens is 1. The molecule has 1 fully saturated rings. The van der Waals surface area contributed by atoms with E-state index in [2.05, 4.69) is 34.8 Å². The van der Waals surface area contributed by atoms with Crippen molar-refractivity contribution in [1.82, 2.24) is 0 Å². The van der Waals surface area contributed by atoms with E-state index in [0.717, 1.165) is 38.2 Å². The fraction of sp³-hybridized carbons (Fsp3) is 0.278. The van der Waals surface area contributed by atoms with Crippen LogP contribution in [-0.4, -0.2) is 23.7 Å². The number of nitrogens with one attached hydrogen (secondary N) is 2. The van der Waals surface area contributed by atoms with E-state index in [9.17, 15) is 10.1 Å². The first kappa shape index (κ1) is 16.1. The Kier molecular flexibility index (Phi) is 5.18. The summed E-state index contributed by atoms with van der Waals surface area (Å²) in [5.74, 6) is 0. The maximum atomic E-state index is 11.0. The first-order chi connectivity index (χ1) is 11.7. The number of para-hydroxylation sites is 2. The summed E-state index contributed by atoms with van der Waals surface area (Å²) < 4.78 is 0. The van der Waals surface area contributed by atoms with E-state index in [4.69, 9.17) is 0 Å². The SMILES string of the molecule is O=[N+]([O-])c1ccccc1NN=C1CC[NH+](Cc2ccccc2)CC1. The summed E-state index contributed by atoms with van der Waals surface area (Å²) in [6.07, 6.45) is 1.82. The largest absolute Gasteiger partial charge is 0.331 e. The average molecular weight is 325 g/mol. The molecule has 0 saturated carbocycles. The minimum atomic E-state index is -0.394. The lowest BCUT2D eigenvalue weighted by atomic mass is 10.1. The van der Waals surface area contributed by atoms with Gasteiger partial charge >= 0.3 is 0 Å². The number of hydrazone groups is 1. The van der Waals surface area contributed by atoms with Gasteiger partial charge in [-0.1, -0.05) is 42.5 Å². The van der Waals surface area contributed by atoms with Gasteiger partial charge in [0.15, 0.2) is 0 Å². The van der Waals surface area contributed by atoms with Gasteiger partial charge in [-0.15, -0.1) is 0 Å². The smallest absolute Gasteiger partial charge is 0.294 e. The highest BCUT2D eigenvalue weighted by atomic mass is 16.6. The Hall–Kier alpha value is -2.73. The van der Waals surface area contributed by atoms with Crippen LogP contribution in [0.3, 0.4) is 0 Å². The van der Waals surface area contributed by atoms with Gasteiger partial charge in [0.05, 0.1) is 18.0 Å². The molecule has 2 N–H and O–H groups in total. The van der Waals surface area contributed by atoms with Crippen molar-refractivity contribution in [3.05, 3.63) is 70.3 Å². The lowest BCUT2D eigenvalue weighted by Gasteiger charge is -2.24. The van der Waals surface area contributed by atoms with E-state index in [0.29, 0.717) is 5.69 Å². The number of benzene rings is 2. The molecule has 1 heterocycles. The van der Waals surface area contributed by atoms with Gasteiger partial charge in [0.2, 0.25) is 0 Å². The summed E-state index contributed by atoms with van der Waals surface area (Å²) >= 11 is 0. The molecule has 3 rings (SSSR count). The normalized spacial score (nSPS) is 17.3. The molecule has 1 saturated heterocycles. The second-order valence-electron chi connectivity index (χ2n) is 5.98. The Morgan fingerprint density at radius 3 is 2.42 bits per heavy atom. The fourth-order valence-electron chi connectivity index (χ4n) is 2.93. The van der Waals surface area contributed by atoms with Crippen molar-refractivity contribution >= 4 is 17.1 Å². The van der Waals surface area contributed by atoms with Gasteiger partial charge in [0, 0.05) is 30.2 Å². The van der Waals surface area contributed by atoms with Gasteiger partial charge in [-0.05, 0) is 6.07 Å². The number of likely N-dealkylation sites (tertiary alicyclic amines) is 1. The fourth-order valence-corrected chi connectivity index (χ4v) is 2.93. The maximum absolute atomic E-state index is 11.0. The van der Waals surface area contributed by atoms with E-state index in [-0.39, 0.29) is 5.69 Å². The first-order valence-corrected chi connectivity index (χ1v) is 8.15. The van der Waals surface area contributed by atoms with Crippen molar-refractivity contribution in [2.24, 2.45) is 5.10 Å². The summed E-state index contributed by atoms with van der Waals surface area (Å²) in [7, 11) is 0. The molecule has 6 nitrogen and oxygen atoms in total. The van der Waals surface area contributed by atoms with Crippen molar-refractivity contribution in [3.8, 4) is 0 Å². The molecule has 0 aromatic heterocycles. The van der Waals surface area contributed by atoms with Crippen molar-refractivity contribution < 1.29 is 9.82 Å². The second-order valence-corrected chi connectivity index (χ2v) is 5.98. The van der Waals surface area contributed by atoms with E-state index in [1.807, 2.05) is 6.07 Å². The van der Waals surface area contributed by atoms with Gasteiger partial charge in [0.1, 0.15) is 12.2 Å². The highest BCUT2D eigenvalue weighted by Crippen LogP contribution is 2.23. The number of hydrogen-bond acceptors (Lipinski definition) is 4. The van der Waals surface area contributed by atoms with Crippen LogP contribution >= 0.6 is 0 Å². The van der Waals surface area contributed by atoms with E-state index < -0.39 is 4.92 Å². The third kappa shape index (κ3) is 4.17. The highest BCUT2D eigenvalue weighted by molar-refractivity contribution is 5.86. The number of nitrogens with zero attached hydrogens (tertiary/aromatic N) is 2. The number of rotatable bonds is 5. The molecular formula is C18H21N4O2+. The van der Waals surface area contributed by atoms with Crippen LogP contribution in [-0.2, 0) is 6.54 Å². The predicted molar refractivity (Wildman–Crippen MR) is 94.2 cm³/mol. The number of piperidine rings is 1. The van der Waals surface area contributed by atoms with Crippen molar-refractivity contribution in [2.75, 3.05) is 18.5 Å². The summed E-state index contributed by atoms with van der Waals surface area (Å²) in [5.41, 5.74) is 5.78. The molecule has 2 aromatic rings. The Labute approximate surface area is 141 Å². The second kappa shape index (κ2) is 7.70. The van der Waals surface area contributed by atoms with E-state index in [1.165, 1.54) is 11.6 Å². The van der Waals surface area contributed by atoms with Crippen LogP contribution in [0.25, 0.3) is 0 Å². The quantitative estimate of drug-likeness (QED) is 0.654. The number of nitro groups is 1. The summed E-state index contributed by atoms with van der Waals surface area (Å²) in [5, 5.41) is 15.4. The maximum Gasteiger partial charge on any atom is 0.294 e. The standard InChI is InChI=1S/C18H20N4O2/c23-22(24)18-9-5-4-8-17(18)20-19-16-10-12-21(13-11-16)14-15-6-2-1-3-7-15/h1-9,20H,10-14H2/p+1. The van der Waals surface area contributed by atoms with Crippen LogP contribution in [0.4, 0.5) is 11.4 Å². The van der Waals surface area contributed by atoms with Crippen LogP contribution in [0.15, 0.2) is 59.7 Å². The molecule has 1 aliphatic heterocycles. The number of anilines is 1. The highest BCUT2D eigenvalue weighted by Gasteiger charge is 2.19. The molecule has 24 heavy (non-hydrogen) atoms. The molecule has 124 valence electrons. The molecule has 0 atom stereocenters. The Morgan fingerprint density at radius 2 is 1.71 bits per heavy atom. The third-order valence-electron chi connectivity index (χ3n) is 4.27. The topological polar surface area (TPSA) is 72.0 Å². The van der Waals surface area contributed by atoms with Crippen LogP contribution in [0, 0.1) is 10.1 Å². The third-order valence-corrected chi connectivity index (χ3v) is 4.27. The zero-order valence-corrected chi connectivity index (χ0v) is 13.4. The van der Waals surface area contributed by atoms with E-state index in [1.54, 1.807) is 23.1 Å². The van der Waals surface area contributed by atoms with Crippen LogP contribution < -0.4 is 10.3 Å². The minimum Gasteiger partial charge on any atom is -0.331 e. The zero-order valence-electron chi connectivity index (χ0n) is 13.4. The predicted octanol–water partition coefficient (Wildman–Crippen LogP) is 2.24. The molecule has 0 amide bonds. The molecule has 0 spiro atoms. The lowest BCUT2D eigenvalue weighted by molar-refractivity contribution is -0.914. The Morgan fingerprint density at radius 1 is 1.04 bits per heavy atom. The van der Waals surface area contributed by atoms with Gasteiger partial charge < -0.3 is 4.90 Å². The molecule has 1 aliphatic rings. The summed E-state index contributed by atoms with van der Waals surface area (Å²) in [6, 6.07) is 17.1. The van der Waals surface area contributed by atoms with Crippen LogP contribution in [0.1, 0.15) is 18.4 Å². The van der Waals surface area contributed by atoms with Crippen LogP contribution in [0.2, 0.25) is 0 Å². The van der Waals surface area contributed by atoms with Gasteiger partial charge in [-0.2, -0.15) is 5.10 Å². The lowest BCUT2D eigenvalue weighted by Crippen LogP contribution is -3.11. The molecule has 0 bridgehead atoms. The van der Waals surface area contributed by atoms with E-state index >= 15 is 0 Å². The Balaban J connectivity index is 1.55. The molecule has 2 aromatic carbocycles. The number of nitro benzene ring substituents is 1. The number of hydrogen-bond donors (Lipinski definition) is 2. The molecule has 0 aliphatic carbocycles. The zero-order chi connectivity index (χ0) is 16.8. The van der Waals surface area contributed by atoms with Gasteiger partial charge in [-0.25, -0.2) is 0 Å². The van der Waals surface area contributed by atoms with Gasteiger partial charge in [-0.3, -0.25) is 15.5 Å².